The van der Waals surface area contributed by atoms with E-state index in [1.54, 1.807) is 0 Å². The molecule has 41 heavy (non-hydrogen) atoms. The molecule has 12 nitrogen and oxygen atoms in total. The van der Waals surface area contributed by atoms with Crippen LogP contribution in [0.5, 0.6) is 5.75 Å². The first kappa shape index (κ1) is 28.7. The first-order valence-corrected chi connectivity index (χ1v) is 13.5. The van der Waals surface area contributed by atoms with Gasteiger partial charge in [-0.05, 0) is 45.8 Å². The van der Waals surface area contributed by atoms with Crippen molar-refractivity contribution in [2.45, 2.75) is 56.7 Å². The van der Waals surface area contributed by atoms with Gasteiger partial charge in [0.25, 0.3) is 5.91 Å². The normalized spacial score (nSPS) is 29.2. The van der Waals surface area contributed by atoms with Crippen molar-refractivity contribution < 1.29 is 44.0 Å². The van der Waals surface area contributed by atoms with Crippen LogP contribution in [0.2, 0.25) is 0 Å². The molecule has 4 aliphatic rings. The number of aromatic hydroxyl groups is 1. The Balaban J connectivity index is 1.64. The molecule has 2 amide bonds. The van der Waals surface area contributed by atoms with E-state index in [4.69, 9.17) is 5.73 Å². The summed E-state index contributed by atoms with van der Waals surface area (Å²) in [5.41, 5.74) is 0.422. The highest BCUT2D eigenvalue weighted by atomic mass is 19.1. The number of hydrogen-bond acceptors (Lipinski definition) is 10. The van der Waals surface area contributed by atoms with E-state index in [0.717, 1.165) is 12.8 Å². The van der Waals surface area contributed by atoms with Gasteiger partial charge in [-0.1, -0.05) is 13.3 Å². The van der Waals surface area contributed by atoms with Crippen LogP contribution in [0.25, 0.3) is 0 Å². The van der Waals surface area contributed by atoms with Gasteiger partial charge in [0.05, 0.1) is 23.3 Å². The third kappa shape index (κ3) is 3.97. The molecule has 0 saturated heterocycles. The molecule has 5 atom stereocenters. The average Bonchev–Trinajstić information content (AvgIpc) is 2.89. The number of ketones is 2. The number of nitrogens with zero attached hydrogens (tertiary/aromatic N) is 1. The highest BCUT2D eigenvalue weighted by Crippen LogP contribution is 2.53. The van der Waals surface area contributed by atoms with Crippen LogP contribution >= 0.6 is 0 Å². The highest BCUT2D eigenvalue weighted by Gasteiger charge is 2.63. The Morgan fingerprint density at radius 2 is 1.85 bits per heavy atom. The molecule has 0 radical (unpaired) electrons. The van der Waals surface area contributed by atoms with Crippen molar-refractivity contribution >= 4 is 29.1 Å². The number of rotatable bonds is 6. The molecule has 3 aliphatic carbocycles. The number of nitrogens with one attached hydrogen (secondary N) is 2. The maximum atomic E-state index is 16.1. The summed E-state index contributed by atoms with van der Waals surface area (Å²) in [4.78, 5) is 53.4. The average molecular weight is 573 g/mol. The number of primary amides is 1. The van der Waals surface area contributed by atoms with Crippen LogP contribution in [-0.4, -0.2) is 87.0 Å². The number of benzene rings is 1. The summed E-state index contributed by atoms with van der Waals surface area (Å²) < 4.78 is 16.1. The minimum Gasteiger partial charge on any atom is -0.510 e. The summed E-state index contributed by atoms with van der Waals surface area (Å²) in [7, 11) is 3.05. The van der Waals surface area contributed by atoms with Crippen LogP contribution in [0.15, 0.2) is 22.7 Å². The number of fused-ring (bicyclic) bond motifs is 4. The maximum absolute atomic E-state index is 16.1. The maximum Gasteiger partial charge on any atom is 0.255 e. The zero-order valence-corrected chi connectivity index (χ0v) is 22.9. The Morgan fingerprint density at radius 1 is 1.17 bits per heavy atom. The van der Waals surface area contributed by atoms with Crippen LogP contribution < -0.4 is 16.4 Å². The van der Waals surface area contributed by atoms with E-state index in [9.17, 15) is 39.6 Å². The fraction of sp³-hybridized carbons (Fsp3) is 0.500. The van der Waals surface area contributed by atoms with Gasteiger partial charge < -0.3 is 36.8 Å². The number of phenolic OH excluding ortho intramolecular Hbond substituents is 1. The van der Waals surface area contributed by atoms with E-state index in [2.05, 4.69) is 10.6 Å². The van der Waals surface area contributed by atoms with Gasteiger partial charge in [0.2, 0.25) is 11.7 Å². The lowest BCUT2D eigenvalue weighted by Crippen LogP contribution is -2.63. The van der Waals surface area contributed by atoms with Crippen molar-refractivity contribution in [1.82, 2.24) is 10.2 Å². The van der Waals surface area contributed by atoms with Crippen molar-refractivity contribution in [3.05, 3.63) is 45.2 Å². The highest BCUT2D eigenvalue weighted by molar-refractivity contribution is 6.25. The fourth-order valence-electron chi connectivity index (χ4n) is 6.85. The lowest BCUT2D eigenvalue weighted by molar-refractivity contribution is -0.148. The quantitative estimate of drug-likeness (QED) is 0.143. The predicted molar refractivity (Wildman–Crippen MR) is 143 cm³/mol. The van der Waals surface area contributed by atoms with Crippen molar-refractivity contribution in [3.8, 4) is 5.75 Å². The lowest BCUT2D eigenvalue weighted by atomic mass is 9.58. The molecule has 0 bridgehead atoms. The van der Waals surface area contributed by atoms with Gasteiger partial charge in [0.15, 0.2) is 17.1 Å². The lowest BCUT2D eigenvalue weighted by Gasteiger charge is -2.50. The fourth-order valence-corrected chi connectivity index (χ4v) is 6.85. The molecule has 0 fully saturated rings. The molecule has 13 heteroatoms. The Labute approximate surface area is 234 Å². The monoisotopic (exact) mass is 572 g/mol. The Kier molecular flexibility index (Phi) is 6.95. The second-order valence-electron chi connectivity index (χ2n) is 11.4. The van der Waals surface area contributed by atoms with E-state index >= 15 is 4.39 Å². The van der Waals surface area contributed by atoms with Crippen molar-refractivity contribution in [3.63, 3.8) is 0 Å². The molecule has 220 valence electrons. The summed E-state index contributed by atoms with van der Waals surface area (Å²) in [6.07, 6.45) is 1.31. The molecule has 5 rings (SSSR count). The number of nitrogens with two attached hydrogens (primary N) is 1. The van der Waals surface area contributed by atoms with Crippen LogP contribution in [0.1, 0.15) is 47.7 Å². The summed E-state index contributed by atoms with van der Waals surface area (Å²) in [6, 6.07) is -1.89. The molecule has 0 saturated carbocycles. The Bertz CT molecular complexity index is 1470. The summed E-state index contributed by atoms with van der Waals surface area (Å²) in [6.45, 7) is 2.52. The molecule has 0 aromatic heterocycles. The number of hydrogen-bond donors (Lipinski definition) is 7. The summed E-state index contributed by atoms with van der Waals surface area (Å²) in [5.74, 6) is -9.50. The van der Waals surface area contributed by atoms with Gasteiger partial charge in [-0.15, -0.1) is 0 Å². The number of aliphatic hydroxyl groups excluding tert-OH is 2. The number of unbranched alkanes of at least 4 members (excludes halogenated alkanes) is 1. The first-order chi connectivity index (χ1) is 19.3. The van der Waals surface area contributed by atoms with E-state index in [1.807, 2.05) is 6.92 Å². The van der Waals surface area contributed by atoms with E-state index in [-0.39, 0.29) is 36.1 Å². The smallest absolute Gasteiger partial charge is 0.255 e. The minimum absolute atomic E-state index is 0.0392. The largest absolute Gasteiger partial charge is 0.510 e. The zero-order valence-electron chi connectivity index (χ0n) is 22.9. The van der Waals surface area contributed by atoms with Crippen molar-refractivity contribution in [2.75, 3.05) is 26.0 Å². The number of carbonyl (C=O) groups excluding carboxylic acids is 4. The number of Topliss-reactive ketones (excluding diaryl/α,β-unsaturated/α-hetero) is 2. The number of amides is 2. The molecule has 0 spiro atoms. The number of halogens is 1. The van der Waals surface area contributed by atoms with Crippen molar-refractivity contribution in [2.24, 2.45) is 17.6 Å². The molecule has 1 aromatic carbocycles. The second kappa shape index (κ2) is 9.93. The SMILES string of the molecule is CCCCNC1Cc2c(F)c3c(c(O)c2NC1=O)C(=O)C1=C(O)[C@]2(O)C(=O)C(C(N)=O)=C(O)[C@@H](N(C)C)[C@@H]2C[C@@H]1C3. The van der Waals surface area contributed by atoms with Gasteiger partial charge >= 0.3 is 0 Å². The Morgan fingerprint density at radius 3 is 2.46 bits per heavy atom. The topological polar surface area (TPSA) is 203 Å². The third-order valence-electron chi connectivity index (χ3n) is 8.82. The van der Waals surface area contributed by atoms with Crippen LogP contribution in [0.3, 0.4) is 0 Å². The van der Waals surface area contributed by atoms with E-state index in [0.29, 0.717) is 6.54 Å². The molecular formula is C28H33FN4O8. The van der Waals surface area contributed by atoms with Crippen LogP contribution in [-0.2, 0) is 27.2 Å². The standard InChI is InChI=1S/C28H33FN4O8/c1-4-5-6-31-14-9-12-18(29)11-7-10-8-13-20(33(2)3)23(36)17(26(30)39)25(38)28(13,41)24(37)15(10)21(34)16(11)22(35)19(12)32-27(14)40/h10,13-14,20,31,35-37,41H,4-9H2,1-3H3,(H2,30,39)(H,32,40)/t10-,13-,14?,20-,28-/m0/s1. The van der Waals surface area contributed by atoms with E-state index < -0.39 is 92.7 Å². The number of likely N-dealkylation sites (N-methyl/N-ethyl adjacent to an activating group) is 1. The third-order valence-corrected chi connectivity index (χ3v) is 8.82. The van der Waals surface area contributed by atoms with Gasteiger partial charge in [0.1, 0.15) is 22.9 Å². The summed E-state index contributed by atoms with van der Waals surface area (Å²) >= 11 is 0. The molecule has 1 heterocycles. The van der Waals surface area contributed by atoms with E-state index in [1.165, 1.54) is 19.0 Å². The van der Waals surface area contributed by atoms with Crippen molar-refractivity contribution in [1.29, 1.82) is 0 Å². The Hall–Kier alpha value is -3.81. The molecule has 1 aliphatic heterocycles. The number of phenols is 1. The number of carbonyl (C=O) groups is 4. The number of aliphatic hydroxyl groups is 3. The first-order valence-electron chi connectivity index (χ1n) is 13.5. The molecule has 1 unspecified atom stereocenters. The second-order valence-corrected chi connectivity index (χ2v) is 11.4. The molecule has 8 N–H and O–H groups in total. The predicted octanol–water partition coefficient (Wildman–Crippen LogP) is 0.513. The summed E-state index contributed by atoms with van der Waals surface area (Å²) in [5, 5.41) is 50.5. The van der Waals surface area contributed by atoms with Gasteiger partial charge in [-0.25, -0.2) is 4.39 Å². The molecular weight excluding hydrogens is 539 g/mol. The minimum atomic E-state index is -2.79. The van der Waals surface area contributed by atoms with Gasteiger partial charge in [-0.3, -0.25) is 24.1 Å². The number of allylic oxidation sites excluding steroid dienone is 1. The van der Waals surface area contributed by atoms with Gasteiger partial charge in [0, 0.05) is 29.0 Å². The molecule has 1 aromatic rings. The van der Waals surface area contributed by atoms with Gasteiger partial charge in [-0.2, -0.15) is 0 Å². The van der Waals surface area contributed by atoms with Crippen LogP contribution in [0.4, 0.5) is 10.1 Å². The van der Waals surface area contributed by atoms with Crippen LogP contribution in [0, 0.1) is 17.7 Å². The number of anilines is 1. The zero-order chi connectivity index (χ0) is 30.1.